The van der Waals surface area contributed by atoms with Crippen molar-refractivity contribution in [2.24, 2.45) is 0 Å². The van der Waals surface area contributed by atoms with Crippen molar-refractivity contribution in [2.45, 2.75) is 6.54 Å². The van der Waals surface area contributed by atoms with E-state index in [1.807, 2.05) is 42.6 Å². The number of nitro groups is 1. The summed E-state index contributed by atoms with van der Waals surface area (Å²) < 4.78 is 1.73. The van der Waals surface area contributed by atoms with Crippen LogP contribution in [0, 0.1) is 21.4 Å². The Morgan fingerprint density at radius 3 is 2.75 bits per heavy atom. The van der Waals surface area contributed by atoms with E-state index < -0.39 is 4.92 Å². The van der Waals surface area contributed by atoms with Gasteiger partial charge in [0.15, 0.2) is 0 Å². The summed E-state index contributed by atoms with van der Waals surface area (Å²) in [6, 6.07) is 15.8. The van der Waals surface area contributed by atoms with Gasteiger partial charge in [0.25, 0.3) is 5.69 Å². The summed E-state index contributed by atoms with van der Waals surface area (Å²) in [5.74, 6) is 0. The third kappa shape index (κ3) is 3.23. The lowest BCUT2D eigenvalue weighted by Gasteiger charge is -2.06. The first-order chi connectivity index (χ1) is 11.7. The van der Waals surface area contributed by atoms with E-state index in [0.29, 0.717) is 17.8 Å². The van der Waals surface area contributed by atoms with Crippen LogP contribution in [0.3, 0.4) is 0 Å². The third-order valence-electron chi connectivity index (χ3n) is 3.46. The first-order valence-corrected chi connectivity index (χ1v) is 7.19. The lowest BCUT2D eigenvalue weighted by Crippen LogP contribution is -2.02. The molecule has 0 atom stereocenters. The van der Waals surface area contributed by atoms with Gasteiger partial charge in [-0.15, -0.1) is 0 Å². The minimum atomic E-state index is -0.475. The summed E-state index contributed by atoms with van der Waals surface area (Å²) in [5, 5.41) is 27.3. The van der Waals surface area contributed by atoms with Gasteiger partial charge >= 0.3 is 0 Å². The van der Waals surface area contributed by atoms with Crippen LogP contribution in [-0.2, 0) is 6.54 Å². The molecule has 7 nitrogen and oxygen atoms in total. The van der Waals surface area contributed by atoms with Crippen molar-refractivity contribution < 1.29 is 4.92 Å². The van der Waals surface area contributed by atoms with Gasteiger partial charge in [-0.25, -0.2) is 4.68 Å². The maximum Gasteiger partial charge on any atom is 0.292 e. The highest BCUT2D eigenvalue weighted by Crippen LogP contribution is 2.25. The summed E-state index contributed by atoms with van der Waals surface area (Å²) >= 11 is 0. The number of nitrogens with zero attached hydrogens (tertiary/aromatic N) is 4. The Kier molecular flexibility index (Phi) is 4.21. The van der Waals surface area contributed by atoms with Crippen LogP contribution in [0.15, 0.2) is 60.9 Å². The molecule has 7 heteroatoms. The first kappa shape index (κ1) is 15.2. The van der Waals surface area contributed by atoms with E-state index in [1.165, 1.54) is 18.2 Å². The van der Waals surface area contributed by atoms with Crippen molar-refractivity contribution in [1.82, 2.24) is 9.78 Å². The molecule has 0 fully saturated rings. The fraction of sp³-hybridized carbons (Fsp3) is 0.0588. The Morgan fingerprint density at radius 1 is 1.25 bits per heavy atom. The molecule has 0 unspecified atom stereocenters. The van der Waals surface area contributed by atoms with E-state index in [1.54, 1.807) is 10.9 Å². The third-order valence-corrected chi connectivity index (χ3v) is 3.46. The molecule has 0 spiro atoms. The molecule has 0 saturated carbocycles. The number of rotatable bonds is 5. The molecule has 0 radical (unpaired) electrons. The Bertz CT molecular complexity index is 912. The molecule has 3 aromatic rings. The van der Waals surface area contributed by atoms with Crippen LogP contribution in [0.25, 0.3) is 5.69 Å². The molecule has 0 bridgehead atoms. The second-order valence-electron chi connectivity index (χ2n) is 5.08. The van der Waals surface area contributed by atoms with E-state index in [0.717, 1.165) is 11.3 Å². The molecule has 0 aliphatic heterocycles. The Balaban J connectivity index is 1.78. The van der Waals surface area contributed by atoms with Crippen LogP contribution in [0.4, 0.5) is 11.4 Å². The molecule has 0 amide bonds. The van der Waals surface area contributed by atoms with E-state index in [9.17, 15) is 10.1 Å². The van der Waals surface area contributed by atoms with Crippen LogP contribution in [-0.4, -0.2) is 14.7 Å². The lowest BCUT2D eigenvalue weighted by molar-refractivity contribution is -0.384. The zero-order chi connectivity index (χ0) is 16.9. The number of benzene rings is 2. The number of nitrogens with one attached hydrogen (secondary N) is 1. The van der Waals surface area contributed by atoms with Gasteiger partial charge in [0.2, 0.25) is 0 Å². The predicted molar refractivity (Wildman–Crippen MR) is 88.7 cm³/mol. The van der Waals surface area contributed by atoms with E-state index in [4.69, 9.17) is 5.26 Å². The van der Waals surface area contributed by atoms with Gasteiger partial charge in [0.05, 0.1) is 28.4 Å². The van der Waals surface area contributed by atoms with E-state index in [2.05, 4.69) is 10.4 Å². The molecule has 24 heavy (non-hydrogen) atoms. The molecule has 1 aromatic heterocycles. The fourth-order valence-electron chi connectivity index (χ4n) is 2.28. The second kappa shape index (κ2) is 6.62. The summed E-state index contributed by atoms with van der Waals surface area (Å²) in [5.41, 5.74) is 2.41. The van der Waals surface area contributed by atoms with Gasteiger partial charge in [-0.1, -0.05) is 18.2 Å². The number of para-hydroxylation sites is 1. The number of aromatic nitrogens is 2. The second-order valence-corrected chi connectivity index (χ2v) is 5.08. The normalized spacial score (nSPS) is 10.1. The number of nitro benzene ring substituents is 1. The summed E-state index contributed by atoms with van der Waals surface area (Å²) in [6.07, 6.45) is 3.54. The summed E-state index contributed by atoms with van der Waals surface area (Å²) in [6.45, 7) is 0.364. The van der Waals surface area contributed by atoms with Crippen molar-refractivity contribution in [2.75, 3.05) is 5.32 Å². The average molecular weight is 319 g/mol. The first-order valence-electron chi connectivity index (χ1n) is 7.19. The maximum absolute atomic E-state index is 11.1. The standard InChI is InChI=1S/C17H13N5O2/c18-9-13-6-7-17(22(23)24)16(8-13)19-10-14-11-20-21(12-14)15-4-2-1-3-5-15/h1-8,11-12,19H,10H2. The molecule has 0 aliphatic rings. The van der Waals surface area contributed by atoms with Crippen LogP contribution in [0.2, 0.25) is 0 Å². The highest BCUT2D eigenvalue weighted by molar-refractivity contribution is 5.64. The molecule has 1 heterocycles. The van der Waals surface area contributed by atoms with Gasteiger partial charge in [-0.05, 0) is 24.3 Å². The van der Waals surface area contributed by atoms with E-state index in [-0.39, 0.29) is 5.69 Å². The molecular weight excluding hydrogens is 306 g/mol. The fourth-order valence-corrected chi connectivity index (χ4v) is 2.28. The summed E-state index contributed by atoms with van der Waals surface area (Å²) in [4.78, 5) is 10.6. The predicted octanol–water partition coefficient (Wildman–Crippen LogP) is 3.26. The van der Waals surface area contributed by atoms with Gasteiger partial charge in [0, 0.05) is 24.4 Å². The Hall–Kier alpha value is -3.66. The van der Waals surface area contributed by atoms with Crippen LogP contribution < -0.4 is 5.32 Å². The topological polar surface area (TPSA) is 96.8 Å². The Morgan fingerprint density at radius 2 is 2.04 bits per heavy atom. The van der Waals surface area contributed by atoms with Crippen molar-refractivity contribution in [3.8, 4) is 11.8 Å². The average Bonchev–Trinajstić information content (AvgIpc) is 3.09. The van der Waals surface area contributed by atoms with Crippen LogP contribution in [0.1, 0.15) is 11.1 Å². The minimum absolute atomic E-state index is 0.0653. The zero-order valence-corrected chi connectivity index (χ0v) is 12.6. The smallest absolute Gasteiger partial charge is 0.292 e. The monoisotopic (exact) mass is 319 g/mol. The molecule has 118 valence electrons. The maximum atomic E-state index is 11.1. The van der Waals surface area contributed by atoms with Gasteiger partial charge in [0.1, 0.15) is 5.69 Å². The van der Waals surface area contributed by atoms with Crippen molar-refractivity contribution in [1.29, 1.82) is 5.26 Å². The molecule has 3 rings (SSSR count). The van der Waals surface area contributed by atoms with Gasteiger partial charge < -0.3 is 5.32 Å². The summed E-state index contributed by atoms with van der Waals surface area (Å²) in [7, 11) is 0. The lowest BCUT2D eigenvalue weighted by atomic mass is 10.2. The van der Waals surface area contributed by atoms with Crippen molar-refractivity contribution >= 4 is 11.4 Å². The molecular formula is C17H13N5O2. The molecule has 0 saturated heterocycles. The molecule has 0 aliphatic carbocycles. The van der Waals surface area contributed by atoms with E-state index >= 15 is 0 Å². The quantitative estimate of drug-likeness (QED) is 0.575. The Labute approximate surface area is 137 Å². The minimum Gasteiger partial charge on any atom is -0.375 e. The number of anilines is 1. The van der Waals surface area contributed by atoms with Crippen LogP contribution >= 0.6 is 0 Å². The van der Waals surface area contributed by atoms with Crippen molar-refractivity contribution in [3.63, 3.8) is 0 Å². The van der Waals surface area contributed by atoms with Gasteiger partial charge in [-0.3, -0.25) is 10.1 Å². The number of hydrogen-bond donors (Lipinski definition) is 1. The SMILES string of the molecule is N#Cc1ccc([N+](=O)[O-])c(NCc2cnn(-c3ccccc3)c2)c1. The zero-order valence-electron chi connectivity index (χ0n) is 12.6. The van der Waals surface area contributed by atoms with Crippen molar-refractivity contribution in [3.05, 3.63) is 82.2 Å². The highest BCUT2D eigenvalue weighted by atomic mass is 16.6. The molecule has 1 N–H and O–H groups in total. The highest BCUT2D eigenvalue weighted by Gasteiger charge is 2.14. The van der Waals surface area contributed by atoms with Crippen LogP contribution in [0.5, 0.6) is 0 Å². The molecule has 2 aromatic carbocycles. The number of nitriles is 1. The van der Waals surface area contributed by atoms with Gasteiger partial charge in [-0.2, -0.15) is 10.4 Å². The number of hydrogen-bond acceptors (Lipinski definition) is 5. The largest absolute Gasteiger partial charge is 0.375 e.